The quantitative estimate of drug-likeness (QED) is 0.0264. The molecule has 3 N–H and O–H groups in total. The Balaban J connectivity index is 3.89. The molecule has 0 rings (SSSR count). The lowest BCUT2D eigenvalue weighted by atomic mass is 10.0. The molecule has 0 saturated heterocycles. The first-order valence-electron chi connectivity index (χ1n) is 40.6. The zero-order valence-corrected chi connectivity index (χ0v) is 65.2. The molecule has 570 valence electrons. The van der Waals surface area contributed by atoms with E-state index >= 15 is 0 Å². The van der Waals surface area contributed by atoms with Crippen LogP contribution in [0.25, 0.3) is 0 Å². The number of hydrogen-bond acceptors (Lipinski definition) is 8. The average Bonchev–Trinajstić information content (AvgIpc) is 1.01. The second-order valence-electron chi connectivity index (χ2n) is 26.2. The molecular formula is C91H148NO8P. The lowest BCUT2D eigenvalue weighted by Crippen LogP contribution is -2.29. The van der Waals surface area contributed by atoms with Crippen LogP contribution in [0.1, 0.15) is 322 Å². The third-order valence-corrected chi connectivity index (χ3v) is 17.6. The van der Waals surface area contributed by atoms with Gasteiger partial charge in [0.25, 0.3) is 0 Å². The summed E-state index contributed by atoms with van der Waals surface area (Å²) in [5.41, 5.74) is 5.42. The number of phosphoric acid groups is 1. The summed E-state index contributed by atoms with van der Waals surface area (Å²) in [6.45, 7) is 3.52. The molecule has 2 unspecified atom stereocenters. The third kappa shape index (κ3) is 83.4. The van der Waals surface area contributed by atoms with Gasteiger partial charge in [-0.05, 0) is 148 Å². The van der Waals surface area contributed by atoms with E-state index in [2.05, 4.69) is 220 Å². The van der Waals surface area contributed by atoms with Gasteiger partial charge in [-0.15, -0.1) is 0 Å². The highest BCUT2D eigenvalue weighted by atomic mass is 31.2. The van der Waals surface area contributed by atoms with Crippen molar-refractivity contribution in [3.63, 3.8) is 0 Å². The van der Waals surface area contributed by atoms with Gasteiger partial charge >= 0.3 is 19.8 Å². The molecule has 0 aromatic carbocycles. The van der Waals surface area contributed by atoms with E-state index in [9.17, 15) is 19.0 Å². The number of hydrogen-bond donors (Lipinski definition) is 2. The number of carbonyl (C=O) groups excluding carboxylic acids is 2. The van der Waals surface area contributed by atoms with Crippen molar-refractivity contribution in [3.05, 3.63) is 207 Å². The second kappa shape index (κ2) is 83.5. The van der Waals surface area contributed by atoms with Gasteiger partial charge in [0.1, 0.15) is 6.61 Å². The van der Waals surface area contributed by atoms with E-state index < -0.39 is 26.5 Å². The van der Waals surface area contributed by atoms with Gasteiger partial charge in [0.15, 0.2) is 6.10 Å². The fraction of sp³-hybridized carbons (Fsp3) is 0.604. The predicted octanol–water partition coefficient (Wildman–Crippen LogP) is 27.8. The van der Waals surface area contributed by atoms with Gasteiger partial charge in [-0.2, -0.15) is 0 Å². The van der Waals surface area contributed by atoms with Crippen molar-refractivity contribution in [2.45, 2.75) is 328 Å². The summed E-state index contributed by atoms with van der Waals surface area (Å²) in [5.74, 6) is -0.834. The maximum Gasteiger partial charge on any atom is 0.472 e. The van der Waals surface area contributed by atoms with Crippen LogP contribution in [0.2, 0.25) is 0 Å². The molecule has 101 heavy (non-hydrogen) atoms. The van der Waals surface area contributed by atoms with Crippen LogP contribution in [-0.4, -0.2) is 49.3 Å². The van der Waals surface area contributed by atoms with E-state index in [-0.39, 0.29) is 38.6 Å². The molecule has 0 spiro atoms. The molecule has 0 aliphatic heterocycles. The number of unbranched alkanes of at least 4 members (excludes halogenated alkanes) is 27. The molecule has 0 aromatic rings. The monoisotopic (exact) mass is 1410 g/mol. The summed E-state index contributed by atoms with van der Waals surface area (Å²) in [5, 5.41) is 0. The zero-order chi connectivity index (χ0) is 72.9. The first-order valence-corrected chi connectivity index (χ1v) is 42.1. The molecule has 10 heteroatoms. The van der Waals surface area contributed by atoms with Crippen molar-refractivity contribution in [2.24, 2.45) is 5.73 Å². The van der Waals surface area contributed by atoms with Gasteiger partial charge in [-0.3, -0.25) is 18.6 Å². The minimum Gasteiger partial charge on any atom is -0.462 e. The van der Waals surface area contributed by atoms with Crippen molar-refractivity contribution in [3.8, 4) is 0 Å². The summed E-state index contributed by atoms with van der Waals surface area (Å²) in [7, 11) is -4.41. The zero-order valence-electron chi connectivity index (χ0n) is 64.3. The van der Waals surface area contributed by atoms with Crippen LogP contribution < -0.4 is 5.73 Å². The van der Waals surface area contributed by atoms with Crippen LogP contribution in [-0.2, 0) is 32.7 Å². The Morgan fingerprint density at radius 2 is 0.515 bits per heavy atom. The van der Waals surface area contributed by atoms with Crippen molar-refractivity contribution in [2.75, 3.05) is 26.4 Å². The summed E-state index contributed by atoms with van der Waals surface area (Å²) < 4.78 is 33.3. The molecule has 0 aliphatic carbocycles. The molecule has 0 aromatic heterocycles. The molecule has 0 amide bonds. The fourth-order valence-corrected chi connectivity index (χ4v) is 11.5. The van der Waals surface area contributed by atoms with Gasteiger partial charge in [-0.1, -0.05) is 368 Å². The van der Waals surface area contributed by atoms with E-state index in [1.807, 2.05) is 0 Å². The van der Waals surface area contributed by atoms with Crippen molar-refractivity contribution in [1.29, 1.82) is 0 Å². The summed E-state index contributed by atoms with van der Waals surface area (Å²) in [4.78, 5) is 35.5. The molecule has 0 aliphatic rings. The predicted molar refractivity (Wildman–Crippen MR) is 440 cm³/mol. The van der Waals surface area contributed by atoms with Crippen LogP contribution in [0.4, 0.5) is 0 Å². The summed E-state index contributed by atoms with van der Waals surface area (Å²) in [6, 6.07) is 0. The van der Waals surface area contributed by atoms with Gasteiger partial charge in [0, 0.05) is 19.4 Å². The maximum absolute atomic E-state index is 12.8. The smallest absolute Gasteiger partial charge is 0.462 e. The molecule has 0 saturated carbocycles. The number of carbonyl (C=O) groups is 2. The Hall–Kier alpha value is -5.41. The molecular weight excluding hydrogens is 1270 g/mol. The van der Waals surface area contributed by atoms with Crippen LogP contribution in [0, 0.1) is 0 Å². The number of rotatable bonds is 74. The molecule has 0 radical (unpaired) electrons. The molecule has 0 fully saturated rings. The third-order valence-electron chi connectivity index (χ3n) is 16.7. The number of nitrogens with two attached hydrogens (primary N) is 1. The van der Waals surface area contributed by atoms with E-state index in [4.69, 9.17) is 24.3 Å². The first-order chi connectivity index (χ1) is 49.8. The largest absolute Gasteiger partial charge is 0.472 e. The number of phosphoric ester groups is 1. The van der Waals surface area contributed by atoms with E-state index in [0.29, 0.717) is 6.42 Å². The van der Waals surface area contributed by atoms with E-state index in [1.165, 1.54) is 135 Å². The lowest BCUT2D eigenvalue weighted by molar-refractivity contribution is -0.161. The summed E-state index contributed by atoms with van der Waals surface area (Å²) >= 11 is 0. The Bertz CT molecular complexity index is 2420. The first kappa shape index (κ1) is 95.6. The second-order valence-corrected chi connectivity index (χ2v) is 27.6. The molecule has 0 bridgehead atoms. The van der Waals surface area contributed by atoms with E-state index in [1.54, 1.807) is 0 Å². The fourth-order valence-electron chi connectivity index (χ4n) is 10.8. The van der Waals surface area contributed by atoms with Gasteiger partial charge in [0.2, 0.25) is 0 Å². The molecule has 9 nitrogen and oxygen atoms in total. The normalized spacial score (nSPS) is 14.0. The van der Waals surface area contributed by atoms with Crippen LogP contribution in [0.15, 0.2) is 207 Å². The van der Waals surface area contributed by atoms with Crippen LogP contribution in [0.5, 0.6) is 0 Å². The SMILES string of the molecule is CC/C=C\C/C=C\C/C=C\C/C=C\C/C=C\C/C=C\C/C=C\C/C=C\C/C=C\CCCCCCCCCCCCCC(=O)OC(COC(=O)CCCCCCCCCCCCCCCCCC/C=C\C/C=C\C/C=C\C/C=C\C/C=C\C/C=C\C/C=C\C/C=C\CC)COP(=O)(O)OCCN. The number of esters is 2. The minimum atomic E-state index is -4.41. The maximum atomic E-state index is 12.8. The van der Waals surface area contributed by atoms with Crippen LogP contribution in [0.3, 0.4) is 0 Å². The standard InChI is InChI=1S/C91H148NO8P/c1-3-5-7-9-11-13-15-17-19-21-23-25-27-29-31-33-35-37-39-41-43-44-46-47-49-51-53-55-57-59-61-63-65-67-69-71-73-75-77-79-81-83-90(93)97-87-89(88-99-101(95,96)98-86-85-92)100-91(94)84-82-80-78-76-74-72-70-68-66-64-62-60-58-56-54-52-50-48-45-42-40-38-36-34-32-30-28-26-24-22-20-18-16-14-12-10-8-6-4-2/h5-8,11-14,17-20,23-26,29-32,35-38,41-43,45-47,50,52,56,58,89H,3-4,9-10,15-16,21-22,27-28,33-34,39-40,44,48-49,51,53-55,57,59-88,92H2,1-2H3,(H,95,96)/b7-5-,8-6-,13-11-,14-12-,19-17-,20-18-,25-23-,26-24-,31-29-,32-30-,37-35-,38-36-,43-41-,45-42-,47-46-,52-50-,58-56-. The van der Waals surface area contributed by atoms with Gasteiger partial charge < -0.3 is 20.1 Å². The highest BCUT2D eigenvalue weighted by Gasteiger charge is 2.26. The van der Waals surface area contributed by atoms with Crippen molar-refractivity contribution in [1.82, 2.24) is 0 Å². The topological polar surface area (TPSA) is 134 Å². The van der Waals surface area contributed by atoms with Crippen molar-refractivity contribution >= 4 is 19.8 Å². The Kier molecular flexibility index (Phi) is 79.1. The highest BCUT2D eigenvalue weighted by molar-refractivity contribution is 7.47. The molecule has 0 heterocycles. The molecule has 2 atom stereocenters. The van der Waals surface area contributed by atoms with Crippen LogP contribution >= 0.6 is 7.82 Å². The van der Waals surface area contributed by atoms with E-state index in [0.717, 1.165) is 154 Å². The lowest BCUT2D eigenvalue weighted by Gasteiger charge is -2.19. The minimum absolute atomic E-state index is 0.0453. The van der Waals surface area contributed by atoms with Crippen molar-refractivity contribution < 1.29 is 37.6 Å². The Morgan fingerprint density at radius 3 is 0.762 bits per heavy atom. The number of allylic oxidation sites excluding steroid dienone is 34. The van der Waals surface area contributed by atoms with Gasteiger partial charge in [0.05, 0.1) is 13.2 Å². The number of ether oxygens (including phenoxy) is 2. The average molecular weight is 1420 g/mol. The van der Waals surface area contributed by atoms with Gasteiger partial charge in [-0.25, -0.2) is 4.57 Å². The highest BCUT2D eigenvalue weighted by Crippen LogP contribution is 2.43. The Labute approximate surface area is 620 Å². The Morgan fingerprint density at radius 1 is 0.297 bits per heavy atom. The summed E-state index contributed by atoms with van der Waals surface area (Å²) in [6.07, 6.45) is 128.